The van der Waals surface area contributed by atoms with E-state index in [1.807, 2.05) is 11.4 Å². The Labute approximate surface area is 194 Å². The maximum absolute atomic E-state index is 13.2. The van der Waals surface area contributed by atoms with Crippen molar-refractivity contribution in [3.8, 4) is 5.00 Å². The second-order valence-corrected chi connectivity index (χ2v) is 11.0. The number of hydrogen-bond acceptors (Lipinski definition) is 8. The second kappa shape index (κ2) is 9.21. The highest BCUT2D eigenvalue weighted by Gasteiger charge is 2.34. The molecule has 0 radical (unpaired) electrons. The van der Waals surface area contributed by atoms with Crippen LogP contribution in [-0.4, -0.2) is 69.6 Å². The quantitative estimate of drug-likeness (QED) is 0.517. The molecule has 3 aromatic heterocycles. The van der Waals surface area contributed by atoms with E-state index in [4.69, 9.17) is 4.52 Å². The molecular formula is C19H25N7O5S2. The minimum atomic E-state index is -3.60. The Morgan fingerprint density at radius 1 is 1.39 bits per heavy atom. The average Bonchev–Trinajstić information content (AvgIpc) is 3.50. The molecule has 4 heterocycles. The van der Waals surface area contributed by atoms with Gasteiger partial charge in [-0.15, -0.1) is 11.3 Å². The SMILES string of the molecule is Cc1cc(NC(=O)Cn2nc(C3CCCN(S(=O)(=O)N(C)C)C3)n(-c3cccs3)c2=O)no1. The molecule has 1 saturated heterocycles. The lowest BCUT2D eigenvalue weighted by Gasteiger charge is -2.32. The molecule has 0 bridgehead atoms. The molecule has 1 atom stereocenters. The van der Waals surface area contributed by atoms with Crippen LogP contribution >= 0.6 is 11.3 Å². The Morgan fingerprint density at radius 2 is 2.18 bits per heavy atom. The third-order valence-electron chi connectivity index (χ3n) is 5.32. The smallest absolute Gasteiger partial charge is 0.351 e. The van der Waals surface area contributed by atoms with Crippen LogP contribution in [0.5, 0.6) is 0 Å². The molecule has 4 rings (SSSR count). The standard InChI is InChI=1S/C19H25N7O5S2/c1-13-10-15(22-31-13)20-16(27)12-25-19(28)26(17-7-5-9-32-17)18(21-25)14-6-4-8-24(11-14)33(29,30)23(2)3/h5,7,9-10,14H,4,6,8,11-12H2,1-3H3,(H,20,22,27). The summed E-state index contributed by atoms with van der Waals surface area (Å²) >= 11 is 1.36. The third-order valence-corrected chi connectivity index (χ3v) is 8.08. The molecule has 0 aliphatic carbocycles. The Balaban J connectivity index is 1.65. The van der Waals surface area contributed by atoms with Crippen LogP contribution in [-0.2, 0) is 21.5 Å². The summed E-state index contributed by atoms with van der Waals surface area (Å²) in [6, 6.07) is 5.17. The van der Waals surface area contributed by atoms with Crippen LogP contribution in [0.15, 0.2) is 32.9 Å². The number of piperidine rings is 1. The van der Waals surface area contributed by atoms with Crippen LogP contribution in [0.25, 0.3) is 5.00 Å². The summed E-state index contributed by atoms with van der Waals surface area (Å²) in [5.74, 6) is 0.451. The monoisotopic (exact) mass is 495 g/mol. The van der Waals surface area contributed by atoms with Crippen molar-refractivity contribution in [2.24, 2.45) is 0 Å². The molecule has 178 valence electrons. The number of aromatic nitrogens is 4. The largest absolute Gasteiger partial charge is 0.360 e. The van der Waals surface area contributed by atoms with Crippen molar-refractivity contribution in [1.29, 1.82) is 0 Å². The highest BCUT2D eigenvalue weighted by Crippen LogP contribution is 2.29. The van der Waals surface area contributed by atoms with Gasteiger partial charge in [-0.3, -0.25) is 4.79 Å². The van der Waals surface area contributed by atoms with E-state index in [2.05, 4.69) is 15.6 Å². The van der Waals surface area contributed by atoms with Crippen LogP contribution < -0.4 is 11.0 Å². The van der Waals surface area contributed by atoms with E-state index in [9.17, 15) is 18.0 Å². The van der Waals surface area contributed by atoms with Gasteiger partial charge in [0, 0.05) is 39.2 Å². The third kappa shape index (κ3) is 4.78. The zero-order chi connectivity index (χ0) is 23.8. The van der Waals surface area contributed by atoms with Crippen LogP contribution in [0.4, 0.5) is 5.82 Å². The van der Waals surface area contributed by atoms with Gasteiger partial charge >= 0.3 is 5.69 Å². The number of nitrogens with zero attached hydrogens (tertiary/aromatic N) is 6. The van der Waals surface area contributed by atoms with Crippen molar-refractivity contribution in [2.75, 3.05) is 32.5 Å². The zero-order valence-corrected chi connectivity index (χ0v) is 20.1. The lowest BCUT2D eigenvalue weighted by molar-refractivity contribution is -0.117. The van der Waals surface area contributed by atoms with Crippen molar-refractivity contribution in [3.63, 3.8) is 0 Å². The first kappa shape index (κ1) is 23.4. The van der Waals surface area contributed by atoms with E-state index in [0.717, 1.165) is 4.68 Å². The van der Waals surface area contributed by atoms with Gasteiger partial charge in [-0.25, -0.2) is 14.0 Å². The summed E-state index contributed by atoms with van der Waals surface area (Å²) in [4.78, 5) is 25.7. The van der Waals surface area contributed by atoms with Crippen LogP contribution in [0, 0.1) is 6.92 Å². The van der Waals surface area contributed by atoms with Gasteiger partial charge in [-0.2, -0.15) is 22.1 Å². The second-order valence-electron chi connectivity index (χ2n) is 7.94. The van der Waals surface area contributed by atoms with Crippen LogP contribution in [0.2, 0.25) is 0 Å². The molecule has 14 heteroatoms. The van der Waals surface area contributed by atoms with E-state index in [1.54, 1.807) is 19.1 Å². The number of hydrogen-bond donors (Lipinski definition) is 1. The molecule has 1 aliphatic rings. The summed E-state index contributed by atoms with van der Waals surface area (Å²) in [5.41, 5.74) is -0.466. The topological polar surface area (TPSA) is 136 Å². The predicted molar refractivity (Wildman–Crippen MR) is 122 cm³/mol. The lowest BCUT2D eigenvalue weighted by atomic mass is 9.99. The van der Waals surface area contributed by atoms with Gasteiger partial charge < -0.3 is 9.84 Å². The maximum Gasteiger partial charge on any atom is 0.351 e. The van der Waals surface area contributed by atoms with E-state index in [-0.39, 0.29) is 24.8 Å². The van der Waals surface area contributed by atoms with Gasteiger partial charge in [0.05, 0.1) is 0 Å². The van der Waals surface area contributed by atoms with Gasteiger partial charge in [0.2, 0.25) is 5.91 Å². The van der Waals surface area contributed by atoms with E-state index < -0.39 is 21.8 Å². The Bertz CT molecular complexity index is 1290. The number of aryl methyl sites for hydroxylation is 1. The molecule has 1 fully saturated rings. The Morgan fingerprint density at radius 3 is 2.82 bits per heavy atom. The molecule has 33 heavy (non-hydrogen) atoms. The van der Waals surface area contributed by atoms with Crippen molar-refractivity contribution in [3.05, 3.63) is 45.6 Å². The first-order valence-electron chi connectivity index (χ1n) is 10.3. The van der Waals surface area contributed by atoms with Gasteiger partial charge in [0.15, 0.2) is 5.82 Å². The van der Waals surface area contributed by atoms with E-state index >= 15 is 0 Å². The molecule has 1 aliphatic heterocycles. The fourth-order valence-corrected chi connectivity index (χ4v) is 5.65. The molecule has 1 amide bonds. The fraction of sp³-hybridized carbons (Fsp3) is 0.474. The summed E-state index contributed by atoms with van der Waals surface area (Å²) in [5, 5.41) is 13.3. The maximum atomic E-state index is 13.2. The first-order valence-corrected chi connectivity index (χ1v) is 12.6. The van der Waals surface area contributed by atoms with E-state index in [1.165, 1.54) is 38.6 Å². The lowest BCUT2D eigenvalue weighted by Crippen LogP contribution is -2.45. The molecule has 0 aromatic carbocycles. The number of amides is 1. The van der Waals surface area contributed by atoms with Crippen molar-refractivity contribution in [2.45, 2.75) is 32.2 Å². The molecule has 0 saturated carbocycles. The zero-order valence-electron chi connectivity index (χ0n) is 18.5. The number of carbonyl (C=O) groups excluding carboxylic acids is 1. The summed E-state index contributed by atoms with van der Waals surface area (Å²) in [7, 11) is -0.614. The number of nitrogens with one attached hydrogen (secondary N) is 1. The summed E-state index contributed by atoms with van der Waals surface area (Å²) in [6.45, 7) is 1.99. The molecule has 3 aromatic rings. The Kier molecular flexibility index (Phi) is 6.52. The molecule has 1 unspecified atom stereocenters. The summed E-state index contributed by atoms with van der Waals surface area (Å²) < 4.78 is 35.4. The summed E-state index contributed by atoms with van der Waals surface area (Å²) in [6.07, 6.45) is 1.31. The normalized spacial score (nSPS) is 17.5. The van der Waals surface area contributed by atoms with E-state index in [0.29, 0.717) is 36.0 Å². The van der Waals surface area contributed by atoms with Crippen molar-refractivity contribution in [1.82, 2.24) is 28.1 Å². The number of anilines is 1. The fourth-order valence-electron chi connectivity index (χ4n) is 3.73. The van der Waals surface area contributed by atoms with Crippen molar-refractivity contribution >= 4 is 33.3 Å². The average molecular weight is 496 g/mol. The molecule has 12 nitrogen and oxygen atoms in total. The van der Waals surface area contributed by atoms with Crippen molar-refractivity contribution < 1.29 is 17.7 Å². The molecule has 1 N–H and O–H groups in total. The van der Waals surface area contributed by atoms with Gasteiger partial charge in [-0.1, -0.05) is 5.16 Å². The molecule has 0 spiro atoms. The Hall–Kier alpha value is -2.81. The highest BCUT2D eigenvalue weighted by atomic mass is 32.2. The number of carbonyl (C=O) groups is 1. The predicted octanol–water partition coefficient (Wildman–Crippen LogP) is 1.02. The number of thiophene rings is 1. The minimum absolute atomic E-state index is 0.201. The van der Waals surface area contributed by atoms with Gasteiger partial charge in [-0.05, 0) is 37.3 Å². The van der Waals surface area contributed by atoms with Gasteiger partial charge in [0.25, 0.3) is 10.2 Å². The minimum Gasteiger partial charge on any atom is -0.360 e. The highest BCUT2D eigenvalue weighted by molar-refractivity contribution is 7.86. The van der Waals surface area contributed by atoms with Crippen LogP contribution in [0.1, 0.15) is 30.3 Å². The molecular weight excluding hydrogens is 470 g/mol. The van der Waals surface area contributed by atoms with Gasteiger partial charge in [0.1, 0.15) is 23.1 Å². The first-order chi connectivity index (χ1) is 15.7. The van der Waals surface area contributed by atoms with Crippen LogP contribution in [0.3, 0.4) is 0 Å². The number of rotatable bonds is 7.